The van der Waals surface area contributed by atoms with Gasteiger partial charge in [-0.05, 0) is 51.2 Å². The topological polar surface area (TPSA) is 66.2 Å². The average Bonchev–Trinajstić information content (AvgIpc) is 2.78. The minimum absolute atomic E-state index is 0.445. The number of nitrogens with zero attached hydrogens (tertiary/aromatic N) is 2. The van der Waals surface area contributed by atoms with Crippen LogP contribution >= 0.6 is 15.9 Å². The van der Waals surface area contributed by atoms with E-state index in [0.717, 1.165) is 15.6 Å². The molecule has 0 unspecified atom stereocenters. The number of pyridine rings is 2. The molecule has 0 amide bonds. The number of benzene rings is 2. The third kappa shape index (κ3) is 8.61. The van der Waals surface area contributed by atoms with Gasteiger partial charge < -0.3 is 10.0 Å². The average molecular weight is 471 g/mol. The van der Waals surface area contributed by atoms with Gasteiger partial charge in [-0.25, -0.2) is 9.97 Å². The van der Waals surface area contributed by atoms with Gasteiger partial charge in [-0.1, -0.05) is 60.7 Å². The van der Waals surface area contributed by atoms with Crippen molar-refractivity contribution in [2.75, 3.05) is 0 Å². The summed E-state index contributed by atoms with van der Waals surface area (Å²) in [7, 11) is -1.34. The Bertz CT molecular complexity index is 970. The first kappa shape index (κ1) is 23.3. The van der Waals surface area contributed by atoms with Crippen molar-refractivity contribution in [3.8, 4) is 11.1 Å². The molecule has 0 bridgehead atoms. The molecule has 152 valence electrons. The second-order valence-corrected chi connectivity index (χ2v) is 6.73. The predicted octanol–water partition coefficient (Wildman–Crippen LogP) is 4.24. The zero-order chi connectivity index (χ0) is 21.8. The molecule has 2 aromatic carbocycles. The van der Waals surface area contributed by atoms with Gasteiger partial charge in [0, 0.05) is 22.4 Å². The van der Waals surface area contributed by atoms with Crippen LogP contribution in [-0.2, 0) is 0 Å². The van der Waals surface area contributed by atoms with Crippen LogP contribution in [0.15, 0.2) is 102 Å². The maximum Gasteiger partial charge on any atom is 0.488 e. The van der Waals surface area contributed by atoms with E-state index in [0.29, 0.717) is 5.46 Å². The minimum atomic E-state index is -1.34. The van der Waals surface area contributed by atoms with Crippen LogP contribution in [-0.4, -0.2) is 27.1 Å². The van der Waals surface area contributed by atoms with Gasteiger partial charge in [0.25, 0.3) is 0 Å². The maximum absolute atomic E-state index is 12.5. The van der Waals surface area contributed by atoms with E-state index in [4.69, 9.17) is 10.0 Å². The molecule has 0 saturated heterocycles. The van der Waals surface area contributed by atoms with E-state index in [-0.39, 0.29) is 0 Å². The maximum atomic E-state index is 12.5. The van der Waals surface area contributed by atoms with Crippen molar-refractivity contribution in [3.63, 3.8) is 0 Å². The zero-order valence-electron chi connectivity index (χ0n) is 15.7. The summed E-state index contributed by atoms with van der Waals surface area (Å²) in [5, 5.41) is 17.2. The number of hydrogen-bond acceptors (Lipinski definition) is 4. The Morgan fingerprint density at radius 2 is 1.17 bits per heavy atom. The highest BCUT2D eigenvalue weighted by Gasteiger charge is 2.07. The molecule has 4 rings (SSSR count). The number of halogens is 3. The van der Waals surface area contributed by atoms with Crippen molar-refractivity contribution < 1.29 is 18.8 Å². The summed E-state index contributed by atoms with van der Waals surface area (Å²) in [4.78, 5) is 6.95. The third-order valence-electron chi connectivity index (χ3n) is 3.62. The molecule has 0 atom stereocenters. The summed E-state index contributed by atoms with van der Waals surface area (Å²) >= 11 is 3.12. The molecule has 2 heterocycles. The third-order valence-corrected chi connectivity index (χ3v) is 4.09. The normalized spacial score (nSPS) is 9.50. The van der Waals surface area contributed by atoms with Crippen LogP contribution in [0.4, 0.5) is 8.78 Å². The lowest BCUT2D eigenvalue weighted by molar-refractivity contribution is 0.426. The van der Waals surface area contributed by atoms with Crippen LogP contribution in [0.25, 0.3) is 11.1 Å². The standard InChI is InChI=1S/C11H8FN.C6H7BO2.C5H3BrFN/c12-11-7-6-10(8-13-11)9-4-2-1-3-5-9;8-7(9)6-4-2-1-3-5-6;6-4-1-2-5(7)8-3-4/h1-8H;1-5,8-9H;1-3H. The zero-order valence-corrected chi connectivity index (χ0v) is 17.3. The minimum Gasteiger partial charge on any atom is -0.423 e. The van der Waals surface area contributed by atoms with Crippen LogP contribution in [0.5, 0.6) is 0 Å². The van der Waals surface area contributed by atoms with E-state index in [9.17, 15) is 8.78 Å². The van der Waals surface area contributed by atoms with Crippen LogP contribution in [0, 0.1) is 11.9 Å². The molecule has 4 aromatic rings. The smallest absolute Gasteiger partial charge is 0.423 e. The Balaban J connectivity index is 0.000000167. The van der Waals surface area contributed by atoms with Crippen molar-refractivity contribution in [1.82, 2.24) is 9.97 Å². The molecule has 0 aliphatic heterocycles. The van der Waals surface area contributed by atoms with Gasteiger partial charge in [0.15, 0.2) is 0 Å². The fraction of sp³-hybridized carbons (Fsp3) is 0. The summed E-state index contributed by atoms with van der Waals surface area (Å²) in [6.07, 6.45) is 2.94. The van der Waals surface area contributed by atoms with Crippen LogP contribution in [0.1, 0.15) is 0 Å². The number of aromatic nitrogens is 2. The summed E-state index contributed by atoms with van der Waals surface area (Å²) in [6, 6.07) is 24.4. The van der Waals surface area contributed by atoms with E-state index in [1.807, 2.05) is 36.4 Å². The Hall–Kier alpha value is -2.94. The molecule has 30 heavy (non-hydrogen) atoms. The van der Waals surface area contributed by atoms with E-state index < -0.39 is 19.0 Å². The summed E-state index contributed by atoms with van der Waals surface area (Å²) in [6.45, 7) is 0. The molecule has 0 saturated carbocycles. The van der Waals surface area contributed by atoms with E-state index in [2.05, 4.69) is 25.9 Å². The van der Waals surface area contributed by atoms with Crippen molar-refractivity contribution in [1.29, 1.82) is 0 Å². The first-order chi connectivity index (χ1) is 14.5. The van der Waals surface area contributed by atoms with Gasteiger partial charge in [-0.3, -0.25) is 0 Å². The lowest BCUT2D eigenvalue weighted by Crippen LogP contribution is -2.29. The monoisotopic (exact) mass is 470 g/mol. The molecule has 0 aliphatic rings. The second-order valence-electron chi connectivity index (χ2n) is 5.82. The van der Waals surface area contributed by atoms with E-state index in [1.54, 1.807) is 36.4 Å². The molecule has 0 aliphatic carbocycles. The highest BCUT2D eigenvalue weighted by molar-refractivity contribution is 9.10. The van der Waals surface area contributed by atoms with Crippen LogP contribution < -0.4 is 5.46 Å². The summed E-state index contributed by atoms with van der Waals surface area (Å²) in [5.41, 5.74) is 2.51. The molecule has 0 radical (unpaired) electrons. The van der Waals surface area contributed by atoms with E-state index >= 15 is 0 Å². The Kier molecular flexibility index (Phi) is 9.80. The largest absolute Gasteiger partial charge is 0.488 e. The molecular weight excluding hydrogens is 453 g/mol. The first-order valence-electron chi connectivity index (χ1n) is 8.81. The van der Waals surface area contributed by atoms with Gasteiger partial charge in [0.2, 0.25) is 11.9 Å². The van der Waals surface area contributed by atoms with Gasteiger partial charge in [0.05, 0.1) is 0 Å². The van der Waals surface area contributed by atoms with Gasteiger partial charge >= 0.3 is 7.12 Å². The van der Waals surface area contributed by atoms with Gasteiger partial charge in [-0.15, -0.1) is 0 Å². The van der Waals surface area contributed by atoms with Crippen molar-refractivity contribution in [3.05, 3.63) is 114 Å². The van der Waals surface area contributed by atoms with Crippen molar-refractivity contribution in [2.24, 2.45) is 0 Å². The molecule has 2 N–H and O–H groups in total. The van der Waals surface area contributed by atoms with Gasteiger partial charge in [-0.2, -0.15) is 8.78 Å². The lowest BCUT2D eigenvalue weighted by atomic mass is 9.81. The fourth-order valence-corrected chi connectivity index (χ4v) is 2.39. The number of rotatable bonds is 2. The summed E-state index contributed by atoms with van der Waals surface area (Å²) in [5.74, 6) is -0.895. The molecule has 8 heteroatoms. The first-order valence-corrected chi connectivity index (χ1v) is 9.60. The SMILES string of the molecule is Fc1ccc(-c2ccccc2)cn1.Fc1ccc(Br)cn1.OB(O)c1ccccc1. The molecule has 2 aromatic heterocycles. The summed E-state index contributed by atoms with van der Waals surface area (Å²) < 4.78 is 25.2. The van der Waals surface area contributed by atoms with Gasteiger partial charge in [0.1, 0.15) is 0 Å². The highest BCUT2D eigenvalue weighted by atomic mass is 79.9. The predicted molar refractivity (Wildman–Crippen MR) is 118 cm³/mol. The molecular formula is C22H18BBrF2N2O2. The Labute approximate surface area is 182 Å². The quantitative estimate of drug-likeness (QED) is 0.339. The van der Waals surface area contributed by atoms with Crippen molar-refractivity contribution >= 4 is 28.5 Å². The van der Waals surface area contributed by atoms with E-state index in [1.165, 1.54) is 24.5 Å². The molecule has 0 spiro atoms. The Morgan fingerprint density at radius 3 is 1.57 bits per heavy atom. The lowest BCUT2D eigenvalue weighted by Gasteiger charge is -1.98. The molecule has 0 fully saturated rings. The number of hydrogen-bond donors (Lipinski definition) is 2. The van der Waals surface area contributed by atoms with Crippen molar-refractivity contribution in [2.45, 2.75) is 0 Å². The Morgan fingerprint density at radius 1 is 0.633 bits per heavy atom. The van der Waals surface area contributed by atoms with Crippen LogP contribution in [0.2, 0.25) is 0 Å². The molecule has 4 nitrogen and oxygen atoms in total. The highest BCUT2D eigenvalue weighted by Crippen LogP contribution is 2.17. The fourth-order valence-electron chi connectivity index (χ4n) is 2.16. The second kappa shape index (κ2) is 12.6. The van der Waals surface area contributed by atoms with Crippen LogP contribution in [0.3, 0.4) is 0 Å².